The van der Waals surface area contributed by atoms with Gasteiger partial charge in [0, 0.05) is 32.4 Å². The lowest BCUT2D eigenvalue weighted by molar-refractivity contribution is 0.0690. The van der Waals surface area contributed by atoms with Gasteiger partial charge in [-0.3, -0.25) is 4.79 Å². The maximum atomic E-state index is 12.8. The van der Waals surface area contributed by atoms with Gasteiger partial charge in [-0.1, -0.05) is 30.3 Å². The van der Waals surface area contributed by atoms with Gasteiger partial charge >= 0.3 is 0 Å². The van der Waals surface area contributed by atoms with E-state index in [2.05, 4.69) is 10.3 Å². The summed E-state index contributed by atoms with van der Waals surface area (Å²) in [7, 11) is 1.66. The lowest BCUT2D eigenvalue weighted by atomic mass is 10.1. The van der Waals surface area contributed by atoms with Crippen molar-refractivity contribution >= 4 is 11.7 Å². The zero-order chi connectivity index (χ0) is 17.4. The number of hydrogen-bond donors (Lipinski definition) is 1. The van der Waals surface area contributed by atoms with Crippen LogP contribution >= 0.6 is 0 Å². The predicted molar refractivity (Wildman–Crippen MR) is 96.1 cm³/mol. The van der Waals surface area contributed by atoms with Crippen LogP contribution < -0.4 is 5.32 Å². The number of carbonyl (C=O) groups is 1. The summed E-state index contributed by atoms with van der Waals surface area (Å²) >= 11 is 0. The molecule has 1 amide bonds. The van der Waals surface area contributed by atoms with E-state index in [0.29, 0.717) is 25.3 Å². The van der Waals surface area contributed by atoms with E-state index >= 15 is 0 Å². The normalized spacial score (nSPS) is 10.7. The summed E-state index contributed by atoms with van der Waals surface area (Å²) in [6.45, 7) is 5.93. The number of ether oxygens (including phenoxy) is 1. The van der Waals surface area contributed by atoms with Crippen molar-refractivity contribution in [1.82, 2.24) is 9.88 Å². The first kappa shape index (κ1) is 17.9. The van der Waals surface area contributed by atoms with Crippen LogP contribution in [-0.4, -0.2) is 42.1 Å². The maximum Gasteiger partial charge on any atom is 0.255 e. The highest BCUT2D eigenvalue weighted by Crippen LogP contribution is 2.14. The second kappa shape index (κ2) is 9.03. The average molecular weight is 327 g/mol. The summed E-state index contributed by atoms with van der Waals surface area (Å²) in [5.74, 6) is 0.729. The molecule has 0 radical (unpaired) electrons. The summed E-state index contributed by atoms with van der Waals surface area (Å²) in [5.41, 5.74) is 1.71. The first-order chi connectivity index (χ1) is 11.6. The molecule has 128 valence electrons. The number of methoxy groups -OCH3 is 1. The quantitative estimate of drug-likeness (QED) is 0.757. The molecule has 1 N–H and O–H groups in total. The topological polar surface area (TPSA) is 54.5 Å². The third-order valence-electron chi connectivity index (χ3n) is 3.70. The molecule has 1 aromatic heterocycles. The second-order valence-corrected chi connectivity index (χ2v) is 5.86. The number of amides is 1. The number of benzene rings is 1. The molecule has 24 heavy (non-hydrogen) atoms. The number of aromatic nitrogens is 1. The van der Waals surface area contributed by atoms with Crippen molar-refractivity contribution in [2.75, 3.05) is 25.6 Å². The van der Waals surface area contributed by atoms with Crippen LogP contribution in [0.1, 0.15) is 29.8 Å². The van der Waals surface area contributed by atoms with E-state index in [1.165, 1.54) is 0 Å². The van der Waals surface area contributed by atoms with Crippen LogP contribution in [0.25, 0.3) is 0 Å². The second-order valence-electron chi connectivity index (χ2n) is 5.86. The smallest absolute Gasteiger partial charge is 0.255 e. The van der Waals surface area contributed by atoms with Crippen LogP contribution in [0.3, 0.4) is 0 Å². The summed E-state index contributed by atoms with van der Waals surface area (Å²) in [4.78, 5) is 19.0. The number of hydrogen-bond acceptors (Lipinski definition) is 4. The molecule has 0 aliphatic rings. The zero-order valence-corrected chi connectivity index (χ0v) is 14.5. The summed E-state index contributed by atoms with van der Waals surface area (Å²) in [6, 6.07) is 13.8. The Hall–Kier alpha value is -2.40. The molecule has 0 unspecified atom stereocenters. The first-order valence-electron chi connectivity index (χ1n) is 8.15. The summed E-state index contributed by atoms with van der Waals surface area (Å²) < 4.78 is 4.99. The SMILES string of the molecule is COCCNc1ccc(C(=O)N(Cc2ccccc2)C(C)C)cn1. The Balaban J connectivity index is 2.06. The average Bonchev–Trinajstić information content (AvgIpc) is 2.60. The van der Waals surface area contributed by atoms with Crippen LogP contribution in [0, 0.1) is 0 Å². The van der Waals surface area contributed by atoms with Gasteiger partial charge in [0.05, 0.1) is 12.2 Å². The molecule has 0 saturated carbocycles. The number of carbonyl (C=O) groups excluding carboxylic acids is 1. The minimum absolute atomic E-state index is 0.00945. The standard InChI is InChI=1S/C19H25N3O2/c1-15(2)22(14-16-7-5-4-6-8-16)19(23)17-9-10-18(21-13-17)20-11-12-24-3/h4-10,13,15H,11-12,14H2,1-3H3,(H,20,21). The molecule has 5 nitrogen and oxygen atoms in total. The Labute approximate surface area is 143 Å². The van der Waals surface area contributed by atoms with Crippen LogP contribution in [0.5, 0.6) is 0 Å². The highest BCUT2D eigenvalue weighted by Gasteiger charge is 2.19. The van der Waals surface area contributed by atoms with E-state index in [4.69, 9.17) is 4.74 Å². The van der Waals surface area contributed by atoms with Crippen LogP contribution in [0.15, 0.2) is 48.7 Å². The van der Waals surface area contributed by atoms with Gasteiger partial charge in [0.25, 0.3) is 5.91 Å². The number of pyridine rings is 1. The lowest BCUT2D eigenvalue weighted by Gasteiger charge is -2.27. The lowest BCUT2D eigenvalue weighted by Crippen LogP contribution is -2.36. The van der Waals surface area contributed by atoms with Gasteiger partial charge in [0.15, 0.2) is 0 Å². The van der Waals surface area contributed by atoms with Gasteiger partial charge in [0.2, 0.25) is 0 Å². The molecule has 2 rings (SSSR count). The largest absolute Gasteiger partial charge is 0.383 e. The molecule has 0 fully saturated rings. The molecule has 1 heterocycles. The molecule has 0 spiro atoms. The monoisotopic (exact) mass is 327 g/mol. The maximum absolute atomic E-state index is 12.8. The number of rotatable bonds is 8. The predicted octanol–water partition coefficient (Wildman–Crippen LogP) is 3.19. The van der Waals surface area contributed by atoms with Crippen molar-refractivity contribution < 1.29 is 9.53 Å². The van der Waals surface area contributed by atoms with E-state index in [0.717, 1.165) is 11.4 Å². The summed E-state index contributed by atoms with van der Waals surface area (Å²) in [6.07, 6.45) is 1.62. The Morgan fingerprint density at radius 2 is 1.96 bits per heavy atom. The van der Waals surface area contributed by atoms with Crippen LogP contribution in [-0.2, 0) is 11.3 Å². The van der Waals surface area contributed by atoms with E-state index in [-0.39, 0.29) is 11.9 Å². The Morgan fingerprint density at radius 3 is 2.54 bits per heavy atom. The van der Waals surface area contributed by atoms with E-state index < -0.39 is 0 Å². The fourth-order valence-corrected chi connectivity index (χ4v) is 2.34. The van der Waals surface area contributed by atoms with Gasteiger partial charge in [-0.15, -0.1) is 0 Å². The van der Waals surface area contributed by atoms with E-state index in [1.807, 2.05) is 61.2 Å². The first-order valence-corrected chi connectivity index (χ1v) is 8.15. The molecule has 0 saturated heterocycles. The summed E-state index contributed by atoms with van der Waals surface area (Å²) in [5, 5.41) is 3.14. The van der Waals surface area contributed by atoms with Crippen molar-refractivity contribution in [3.63, 3.8) is 0 Å². The molecule has 1 aromatic carbocycles. The Kier molecular flexibility index (Phi) is 6.75. The molecular weight excluding hydrogens is 302 g/mol. The molecular formula is C19H25N3O2. The number of anilines is 1. The van der Waals surface area contributed by atoms with Crippen molar-refractivity contribution in [1.29, 1.82) is 0 Å². The molecule has 0 aliphatic heterocycles. The molecule has 0 aliphatic carbocycles. The zero-order valence-electron chi connectivity index (χ0n) is 14.5. The fraction of sp³-hybridized carbons (Fsp3) is 0.368. The van der Waals surface area contributed by atoms with Crippen molar-refractivity contribution in [2.24, 2.45) is 0 Å². The van der Waals surface area contributed by atoms with Gasteiger partial charge in [-0.05, 0) is 31.5 Å². The third kappa shape index (κ3) is 5.06. The van der Waals surface area contributed by atoms with Crippen molar-refractivity contribution in [3.8, 4) is 0 Å². The van der Waals surface area contributed by atoms with Gasteiger partial charge in [-0.25, -0.2) is 4.98 Å². The highest BCUT2D eigenvalue weighted by molar-refractivity contribution is 5.94. The van der Waals surface area contributed by atoms with Gasteiger partial charge in [-0.2, -0.15) is 0 Å². The van der Waals surface area contributed by atoms with E-state index in [9.17, 15) is 4.79 Å². The molecule has 5 heteroatoms. The van der Waals surface area contributed by atoms with Crippen molar-refractivity contribution in [3.05, 3.63) is 59.8 Å². The van der Waals surface area contributed by atoms with Crippen molar-refractivity contribution in [2.45, 2.75) is 26.4 Å². The molecule has 2 aromatic rings. The highest BCUT2D eigenvalue weighted by atomic mass is 16.5. The minimum Gasteiger partial charge on any atom is -0.383 e. The van der Waals surface area contributed by atoms with E-state index in [1.54, 1.807) is 13.3 Å². The van der Waals surface area contributed by atoms with Gasteiger partial charge in [0.1, 0.15) is 5.82 Å². The van der Waals surface area contributed by atoms with Crippen LogP contribution in [0.4, 0.5) is 5.82 Å². The van der Waals surface area contributed by atoms with Gasteiger partial charge < -0.3 is 15.0 Å². The Morgan fingerprint density at radius 1 is 1.21 bits per heavy atom. The molecule has 0 bridgehead atoms. The molecule has 0 atom stereocenters. The minimum atomic E-state index is -0.00945. The Bertz CT molecular complexity index is 627. The third-order valence-corrected chi connectivity index (χ3v) is 3.70. The number of nitrogens with zero attached hydrogens (tertiary/aromatic N) is 2. The fourth-order valence-electron chi connectivity index (χ4n) is 2.34. The van der Waals surface area contributed by atoms with Crippen LogP contribution in [0.2, 0.25) is 0 Å². The number of nitrogens with one attached hydrogen (secondary N) is 1.